The Labute approximate surface area is 110 Å². The molecular formula is C16H12NO2. The number of fused-ring (bicyclic) bond motifs is 1. The molecule has 0 amide bonds. The molecule has 0 fully saturated rings. The third-order valence-electron chi connectivity index (χ3n) is 3.06. The Morgan fingerprint density at radius 1 is 1.21 bits per heavy atom. The number of methoxy groups -OCH3 is 1. The van der Waals surface area contributed by atoms with E-state index in [9.17, 15) is 4.79 Å². The first-order valence-corrected chi connectivity index (χ1v) is 5.95. The molecule has 0 saturated heterocycles. The Balaban J connectivity index is 2.31. The first kappa shape index (κ1) is 11.5. The molecule has 1 heterocycles. The Kier molecular flexibility index (Phi) is 2.80. The Bertz CT molecular complexity index is 776. The van der Waals surface area contributed by atoms with E-state index in [1.54, 1.807) is 13.2 Å². The van der Waals surface area contributed by atoms with Gasteiger partial charge in [-0.1, -0.05) is 18.2 Å². The molecule has 0 aliphatic rings. The van der Waals surface area contributed by atoms with Crippen LogP contribution >= 0.6 is 0 Å². The highest BCUT2D eigenvalue weighted by atomic mass is 16.5. The monoisotopic (exact) mass is 250 g/mol. The number of hydrogen-bond donors (Lipinski definition) is 1. The summed E-state index contributed by atoms with van der Waals surface area (Å²) in [6.07, 6.45) is 0. The van der Waals surface area contributed by atoms with Gasteiger partial charge in [0.2, 0.25) is 5.56 Å². The predicted octanol–water partition coefficient (Wildman–Crippen LogP) is 3.00. The van der Waals surface area contributed by atoms with Gasteiger partial charge in [-0.15, -0.1) is 0 Å². The van der Waals surface area contributed by atoms with Crippen molar-refractivity contribution < 1.29 is 4.74 Å². The molecule has 1 N–H and O–H groups in total. The number of H-pyrrole nitrogens is 1. The summed E-state index contributed by atoms with van der Waals surface area (Å²) in [5.41, 5.74) is 2.63. The van der Waals surface area contributed by atoms with Crippen molar-refractivity contribution in [3.63, 3.8) is 0 Å². The van der Waals surface area contributed by atoms with Gasteiger partial charge in [0, 0.05) is 22.5 Å². The number of aromatic nitrogens is 1. The molecular weight excluding hydrogens is 238 g/mol. The Hall–Kier alpha value is -2.55. The number of aromatic amines is 1. The van der Waals surface area contributed by atoms with Gasteiger partial charge in [0.05, 0.1) is 7.11 Å². The first-order valence-electron chi connectivity index (χ1n) is 5.95. The molecule has 19 heavy (non-hydrogen) atoms. The average Bonchev–Trinajstić information content (AvgIpc) is 2.46. The minimum absolute atomic E-state index is 0.108. The molecule has 0 spiro atoms. The number of ether oxygens (including phenoxy) is 1. The highest BCUT2D eigenvalue weighted by Crippen LogP contribution is 2.32. The zero-order chi connectivity index (χ0) is 13.2. The van der Waals surface area contributed by atoms with Crippen molar-refractivity contribution in [1.29, 1.82) is 0 Å². The van der Waals surface area contributed by atoms with Crippen LogP contribution in [0.15, 0.2) is 53.3 Å². The summed E-state index contributed by atoms with van der Waals surface area (Å²) in [7, 11) is 1.64. The van der Waals surface area contributed by atoms with Crippen molar-refractivity contribution in [2.24, 2.45) is 0 Å². The van der Waals surface area contributed by atoms with Crippen LogP contribution in [0, 0.1) is 6.07 Å². The SMILES string of the molecule is COc1cc2ccc(=O)[nH]c2cc1-c1c[c]ccc1. The summed E-state index contributed by atoms with van der Waals surface area (Å²) >= 11 is 0. The van der Waals surface area contributed by atoms with Crippen LogP contribution in [-0.2, 0) is 0 Å². The number of hydrogen-bond acceptors (Lipinski definition) is 2. The lowest BCUT2D eigenvalue weighted by molar-refractivity contribution is 0.417. The van der Waals surface area contributed by atoms with E-state index in [1.165, 1.54) is 6.07 Å². The lowest BCUT2D eigenvalue weighted by Crippen LogP contribution is -2.02. The zero-order valence-corrected chi connectivity index (χ0v) is 10.4. The summed E-state index contributed by atoms with van der Waals surface area (Å²) in [5.74, 6) is 0.777. The number of pyridine rings is 1. The standard InChI is InChI=1S/C16H12NO2/c1-19-15-9-12-7-8-16(18)17-14(12)10-13(15)11-5-3-2-4-6-11/h2-3,5-10H,1H3,(H,17,18). The number of nitrogens with one attached hydrogen (secondary N) is 1. The largest absolute Gasteiger partial charge is 0.496 e. The molecule has 1 radical (unpaired) electrons. The fraction of sp³-hybridized carbons (Fsp3) is 0.0625. The van der Waals surface area contributed by atoms with Crippen LogP contribution in [0.5, 0.6) is 5.75 Å². The molecule has 0 unspecified atom stereocenters. The minimum Gasteiger partial charge on any atom is -0.496 e. The second kappa shape index (κ2) is 4.61. The summed E-state index contributed by atoms with van der Waals surface area (Å²) < 4.78 is 5.43. The summed E-state index contributed by atoms with van der Waals surface area (Å²) in [4.78, 5) is 14.2. The molecule has 0 atom stereocenters. The lowest BCUT2D eigenvalue weighted by Gasteiger charge is -2.10. The molecule has 3 rings (SSSR count). The van der Waals surface area contributed by atoms with Gasteiger partial charge in [-0.2, -0.15) is 0 Å². The topological polar surface area (TPSA) is 42.1 Å². The second-order valence-electron chi connectivity index (χ2n) is 4.25. The molecule has 0 saturated carbocycles. The first-order chi connectivity index (χ1) is 9.28. The second-order valence-corrected chi connectivity index (χ2v) is 4.25. The van der Waals surface area contributed by atoms with Crippen molar-refractivity contribution in [2.75, 3.05) is 7.11 Å². The van der Waals surface area contributed by atoms with Gasteiger partial charge in [0.15, 0.2) is 0 Å². The maximum absolute atomic E-state index is 11.4. The van der Waals surface area contributed by atoms with E-state index in [1.807, 2.05) is 36.4 Å². The molecule has 2 aromatic carbocycles. The number of benzene rings is 2. The van der Waals surface area contributed by atoms with Crippen molar-refractivity contribution in [3.05, 3.63) is 65.0 Å². The van der Waals surface area contributed by atoms with Crippen LogP contribution in [-0.4, -0.2) is 12.1 Å². The van der Waals surface area contributed by atoms with Crippen LogP contribution in [0.25, 0.3) is 22.0 Å². The van der Waals surface area contributed by atoms with E-state index >= 15 is 0 Å². The Morgan fingerprint density at radius 3 is 2.84 bits per heavy atom. The average molecular weight is 250 g/mol. The number of rotatable bonds is 2. The molecule has 1 aromatic heterocycles. The molecule has 3 heteroatoms. The van der Waals surface area contributed by atoms with Gasteiger partial charge < -0.3 is 9.72 Å². The quantitative estimate of drug-likeness (QED) is 0.759. The van der Waals surface area contributed by atoms with Crippen LogP contribution in [0.4, 0.5) is 0 Å². The highest BCUT2D eigenvalue weighted by molar-refractivity contribution is 5.87. The third-order valence-corrected chi connectivity index (χ3v) is 3.06. The fourth-order valence-corrected chi connectivity index (χ4v) is 2.14. The van der Waals surface area contributed by atoms with Crippen molar-refractivity contribution >= 4 is 10.9 Å². The normalized spacial score (nSPS) is 10.6. The lowest BCUT2D eigenvalue weighted by atomic mass is 10.0. The molecule has 0 bridgehead atoms. The van der Waals surface area contributed by atoms with Crippen LogP contribution in [0.1, 0.15) is 0 Å². The molecule has 3 aromatic rings. The van der Waals surface area contributed by atoms with Gasteiger partial charge in [-0.3, -0.25) is 4.79 Å². The van der Waals surface area contributed by atoms with Crippen molar-refractivity contribution in [2.45, 2.75) is 0 Å². The molecule has 0 aliphatic heterocycles. The Morgan fingerprint density at radius 2 is 2.11 bits per heavy atom. The van der Waals surface area contributed by atoms with Crippen LogP contribution in [0.3, 0.4) is 0 Å². The predicted molar refractivity (Wildman–Crippen MR) is 75.4 cm³/mol. The maximum atomic E-state index is 11.4. The fourth-order valence-electron chi connectivity index (χ4n) is 2.14. The van der Waals surface area contributed by atoms with Crippen LogP contribution in [0.2, 0.25) is 0 Å². The molecule has 0 aliphatic carbocycles. The van der Waals surface area contributed by atoms with Gasteiger partial charge in [0.1, 0.15) is 5.75 Å². The molecule has 93 valence electrons. The smallest absolute Gasteiger partial charge is 0.248 e. The highest BCUT2D eigenvalue weighted by Gasteiger charge is 2.08. The zero-order valence-electron chi connectivity index (χ0n) is 10.4. The van der Waals surface area contributed by atoms with E-state index in [4.69, 9.17) is 4.74 Å². The van der Waals surface area contributed by atoms with Crippen molar-refractivity contribution in [3.8, 4) is 16.9 Å². The van der Waals surface area contributed by atoms with Gasteiger partial charge >= 0.3 is 0 Å². The summed E-state index contributed by atoms with van der Waals surface area (Å²) in [5, 5.41) is 0.945. The summed E-state index contributed by atoms with van der Waals surface area (Å²) in [6.45, 7) is 0. The van der Waals surface area contributed by atoms with E-state index < -0.39 is 0 Å². The van der Waals surface area contributed by atoms with Gasteiger partial charge in [-0.25, -0.2) is 0 Å². The van der Waals surface area contributed by atoms with E-state index in [-0.39, 0.29) is 5.56 Å². The van der Waals surface area contributed by atoms with Gasteiger partial charge in [-0.05, 0) is 35.9 Å². The van der Waals surface area contributed by atoms with E-state index in [2.05, 4.69) is 11.1 Å². The molecule has 3 nitrogen and oxygen atoms in total. The summed E-state index contributed by atoms with van der Waals surface area (Å²) in [6, 6.07) is 17.8. The van der Waals surface area contributed by atoms with E-state index in [0.29, 0.717) is 0 Å². The minimum atomic E-state index is -0.108. The van der Waals surface area contributed by atoms with Crippen LogP contribution < -0.4 is 10.3 Å². The third kappa shape index (κ3) is 2.10. The maximum Gasteiger partial charge on any atom is 0.248 e. The van der Waals surface area contributed by atoms with Gasteiger partial charge in [0.25, 0.3) is 0 Å². The van der Waals surface area contributed by atoms with Crippen molar-refractivity contribution in [1.82, 2.24) is 4.98 Å². The van der Waals surface area contributed by atoms with E-state index in [0.717, 1.165) is 27.8 Å².